The molecule has 1 heterocycles. The van der Waals surface area contributed by atoms with Gasteiger partial charge in [0.1, 0.15) is 0 Å². The quantitative estimate of drug-likeness (QED) is 0.784. The summed E-state index contributed by atoms with van der Waals surface area (Å²) in [7, 11) is 0. The average Bonchev–Trinajstić information content (AvgIpc) is 2.66. The number of hydrogen-bond donors (Lipinski definition) is 2. The molecule has 6 heteroatoms. The van der Waals surface area contributed by atoms with Gasteiger partial charge in [-0.05, 0) is 55.7 Å². The lowest BCUT2D eigenvalue weighted by molar-refractivity contribution is -0.114. The first-order valence-corrected chi connectivity index (χ1v) is 9.40. The van der Waals surface area contributed by atoms with Gasteiger partial charge in [-0.2, -0.15) is 5.26 Å². The van der Waals surface area contributed by atoms with Gasteiger partial charge in [-0.3, -0.25) is 9.59 Å². The SMILES string of the molecule is C/C(C(N)=O)=C(/N)c1cc(C(=O)N2CC(c3ccc(C#N)cc3)C2)c(C)cc1C. The first-order chi connectivity index (χ1) is 13.7. The lowest BCUT2D eigenvalue weighted by Gasteiger charge is -2.40. The monoisotopic (exact) mass is 388 g/mol. The first-order valence-electron chi connectivity index (χ1n) is 9.40. The van der Waals surface area contributed by atoms with Gasteiger partial charge in [0.2, 0.25) is 5.91 Å². The minimum absolute atomic E-state index is 0.0572. The van der Waals surface area contributed by atoms with Crippen LogP contribution < -0.4 is 11.5 Å². The van der Waals surface area contributed by atoms with Crippen molar-refractivity contribution in [2.75, 3.05) is 13.1 Å². The van der Waals surface area contributed by atoms with Gasteiger partial charge in [0.05, 0.1) is 11.6 Å². The molecule has 1 saturated heterocycles. The summed E-state index contributed by atoms with van der Waals surface area (Å²) in [6.07, 6.45) is 0. The molecular formula is C23H24N4O2. The third-order valence-corrected chi connectivity index (χ3v) is 5.55. The fourth-order valence-electron chi connectivity index (χ4n) is 3.56. The van der Waals surface area contributed by atoms with Crippen LogP contribution in [-0.2, 0) is 4.79 Å². The average molecular weight is 388 g/mol. The van der Waals surface area contributed by atoms with Crippen molar-refractivity contribution in [2.45, 2.75) is 26.7 Å². The predicted octanol–water partition coefficient (Wildman–Crippen LogP) is 2.59. The van der Waals surface area contributed by atoms with Crippen LogP contribution in [0.15, 0.2) is 42.0 Å². The van der Waals surface area contributed by atoms with Crippen molar-refractivity contribution in [3.63, 3.8) is 0 Å². The number of hydrogen-bond acceptors (Lipinski definition) is 4. The Bertz CT molecular complexity index is 1060. The molecule has 0 spiro atoms. The maximum atomic E-state index is 13.0. The molecule has 6 nitrogen and oxygen atoms in total. The van der Waals surface area contributed by atoms with Gasteiger partial charge in [0.25, 0.3) is 5.91 Å². The van der Waals surface area contributed by atoms with Crippen molar-refractivity contribution in [3.8, 4) is 6.07 Å². The van der Waals surface area contributed by atoms with E-state index < -0.39 is 5.91 Å². The van der Waals surface area contributed by atoms with Crippen LogP contribution >= 0.6 is 0 Å². The van der Waals surface area contributed by atoms with E-state index in [0.29, 0.717) is 35.5 Å². The second kappa shape index (κ2) is 7.80. The van der Waals surface area contributed by atoms with Crippen molar-refractivity contribution in [1.82, 2.24) is 4.90 Å². The van der Waals surface area contributed by atoms with Crippen molar-refractivity contribution in [1.29, 1.82) is 5.26 Å². The van der Waals surface area contributed by atoms with Crippen LogP contribution in [0.2, 0.25) is 0 Å². The summed E-state index contributed by atoms with van der Waals surface area (Å²) in [5.41, 5.74) is 16.8. The van der Waals surface area contributed by atoms with E-state index in [2.05, 4.69) is 6.07 Å². The standard InChI is InChI=1S/C23H24N4O2/c1-13-8-14(2)20(9-19(13)21(25)15(3)22(26)28)23(29)27-11-18(12-27)17-6-4-16(10-24)5-7-17/h4-9,18H,11-12,25H2,1-3H3,(H2,26,28)/b21-15-. The number of nitrogens with two attached hydrogens (primary N) is 2. The topological polar surface area (TPSA) is 113 Å². The van der Waals surface area contributed by atoms with Gasteiger partial charge in [0.15, 0.2) is 0 Å². The smallest absolute Gasteiger partial charge is 0.254 e. The largest absolute Gasteiger partial charge is 0.398 e. The molecule has 1 fully saturated rings. The van der Waals surface area contributed by atoms with Gasteiger partial charge in [-0.25, -0.2) is 0 Å². The number of amides is 2. The van der Waals surface area contributed by atoms with Crippen LogP contribution in [0, 0.1) is 25.2 Å². The summed E-state index contributed by atoms with van der Waals surface area (Å²) < 4.78 is 0. The fourth-order valence-corrected chi connectivity index (χ4v) is 3.56. The Hall–Kier alpha value is -3.59. The molecule has 29 heavy (non-hydrogen) atoms. The summed E-state index contributed by atoms with van der Waals surface area (Å²) >= 11 is 0. The predicted molar refractivity (Wildman–Crippen MR) is 112 cm³/mol. The van der Waals surface area contributed by atoms with E-state index in [0.717, 1.165) is 16.7 Å². The molecule has 0 saturated carbocycles. The van der Waals surface area contributed by atoms with Crippen LogP contribution in [0.25, 0.3) is 5.70 Å². The van der Waals surface area contributed by atoms with Crippen LogP contribution in [0.4, 0.5) is 0 Å². The maximum absolute atomic E-state index is 13.0. The number of likely N-dealkylation sites (tertiary alicyclic amines) is 1. The zero-order valence-corrected chi connectivity index (χ0v) is 16.8. The van der Waals surface area contributed by atoms with E-state index in [1.54, 1.807) is 30.0 Å². The molecule has 2 amide bonds. The number of carbonyl (C=O) groups is 2. The number of aryl methyl sites for hydroxylation is 2. The highest BCUT2D eigenvalue weighted by molar-refractivity contribution is 6.01. The lowest BCUT2D eigenvalue weighted by Crippen LogP contribution is -2.48. The Morgan fingerprint density at radius 3 is 2.17 bits per heavy atom. The van der Waals surface area contributed by atoms with Crippen LogP contribution in [-0.4, -0.2) is 29.8 Å². The van der Waals surface area contributed by atoms with Crippen molar-refractivity contribution < 1.29 is 9.59 Å². The molecule has 0 unspecified atom stereocenters. The van der Waals surface area contributed by atoms with Gasteiger partial charge in [-0.15, -0.1) is 0 Å². The van der Waals surface area contributed by atoms with Crippen LogP contribution in [0.1, 0.15) is 51.0 Å². The lowest BCUT2D eigenvalue weighted by atomic mass is 9.89. The molecule has 1 aliphatic rings. The summed E-state index contributed by atoms with van der Waals surface area (Å²) in [6.45, 7) is 6.61. The second-order valence-corrected chi connectivity index (χ2v) is 7.53. The van der Waals surface area contributed by atoms with Gasteiger partial charge < -0.3 is 16.4 Å². The number of carbonyl (C=O) groups excluding carboxylic acids is 2. The Morgan fingerprint density at radius 2 is 1.62 bits per heavy atom. The highest BCUT2D eigenvalue weighted by atomic mass is 16.2. The number of benzene rings is 2. The molecule has 1 aliphatic heterocycles. The number of nitrogens with zero attached hydrogens (tertiary/aromatic N) is 2. The van der Waals surface area contributed by atoms with Gasteiger partial charge >= 0.3 is 0 Å². The Balaban J connectivity index is 1.81. The zero-order chi connectivity index (χ0) is 21.3. The molecule has 3 rings (SSSR count). The molecule has 0 bridgehead atoms. The molecule has 4 N–H and O–H groups in total. The van der Waals surface area contributed by atoms with Crippen LogP contribution in [0.5, 0.6) is 0 Å². The van der Waals surface area contributed by atoms with Gasteiger partial charge in [0, 0.05) is 41.4 Å². The summed E-state index contributed by atoms with van der Waals surface area (Å²) in [5, 5.41) is 8.91. The number of rotatable bonds is 4. The van der Waals surface area contributed by atoms with E-state index in [1.807, 2.05) is 32.0 Å². The van der Waals surface area contributed by atoms with E-state index in [-0.39, 0.29) is 17.4 Å². The van der Waals surface area contributed by atoms with E-state index >= 15 is 0 Å². The maximum Gasteiger partial charge on any atom is 0.254 e. The Kier molecular flexibility index (Phi) is 5.42. The van der Waals surface area contributed by atoms with Crippen LogP contribution in [0.3, 0.4) is 0 Å². The third-order valence-electron chi connectivity index (χ3n) is 5.55. The van der Waals surface area contributed by atoms with E-state index in [9.17, 15) is 9.59 Å². The summed E-state index contributed by atoms with van der Waals surface area (Å²) in [5.74, 6) is -0.375. The molecule has 0 aromatic heterocycles. The Morgan fingerprint density at radius 1 is 1.03 bits per heavy atom. The molecule has 148 valence electrons. The normalized spacial score (nSPS) is 14.6. The summed E-state index contributed by atoms with van der Waals surface area (Å²) in [4.78, 5) is 26.3. The summed E-state index contributed by atoms with van der Waals surface area (Å²) in [6, 6.07) is 13.2. The molecule has 2 aromatic rings. The highest BCUT2D eigenvalue weighted by Crippen LogP contribution is 2.30. The highest BCUT2D eigenvalue weighted by Gasteiger charge is 2.33. The minimum Gasteiger partial charge on any atom is -0.398 e. The van der Waals surface area contributed by atoms with Crippen molar-refractivity contribution in [3.05, 3.63) is 75.4 Å². The third kappa shape index (κ3) is 3.85. The van der Waals surface area contributed by atoms with E-state index in [4.69, 9.17) is 16.7 Å². The van der Waals surface area contributed by atoms with Crippen molar-refractivity contribution in [2.24, 2.45) is 11.5 Å². The Labute approximate surface area is 170 Å². The molecule has 2 aromatic carbocycles. The molecule has 0 radical (unpaired) electrons. The first kappa shape index (κ1) is 20.2. The zero-order valence-electron chi connectivity index (χ0n) is 16.8. The molecular weight excluding hydrogens is 364 g/mol. The number of nitriles is 1. The minimum atomic E-state index is -0.580. The molecule has 0 aliphatic carbocycles. The van der Waals surface area contributed by atoms with E-state index in [1.165, 1.54) is 0 Å². The second-order valence-electron chi connectivity index (χ2n) is 7.53. The number of primary amides is 1. The molecule has 0 atom stereocenters. The fraction of sp³-hybridized carbons (Fsp3) is 0.261. The van der Waals surface area contributed by atoms with Gasteiger partial charge in [-0.1, -0.05) is 18.2 Å². The van der Waals surface area contributed by atoms with Crippen molar-refractivity contribution >= 4 is 17.5 Å².